The average molecular weight is 401 g/mol. The minimum absolute atomic E-state index is 0.00267. The van der Waals surface area contributed by atoms with Crippen molar-refractivity contribution in [3.05, 3.63) is 66.2 Å². The Morgan fingerprint density at radius 3 is 2.63 bits per heavy atom. The van der Waals surface area contributed by atoms with Crippen LogP contribution in [0.5, 0.6) is 11.6 Å². The lowest BCUT2D eigenvalue weighted by molar-refractivity contribution is -0.120. The molecule has 0 radical (unpaired) electrons. The van der Waals surface area contributed by atoms with Crippen molar-refractivity contribution in [2.45, 2.75) is 26.8 Å². The van der Waals surface area contributed by atoms with Gasteiger partial charge in [0.25, 0.3) is 0 Å². The largest absolute Gasteiger partial charge is 0.493 e. The Morgan fingerprint density at radius 2 is 1.83 bits per heavy atom. The number of aryl methyl sites for hydroxylation is 1. The van der Waals surface area contributed by atoms with Gasteiger partial charge in [-0.1, -0.05) is 48.0 Å². The summed E-state index contributed by atoms with van der Waals surface area (Å²) in [5, 5.41) is 21.3. The van der Waals surface area contributed by atoms with Crippen molar-refractivity contribution in [1.29, 1.82) is 0 Å². The van der Waals surface area contributed by atoms with Gasteiger partial charge in [0.2, 0.25) is 5.88 Å². The van der Waals surface area contributed by atoms with Crippen LogP contribution in [-0.2, 0) is 4.79 Å². The summed E-state index contributed by atoms with van der Waals surface area (Å²) in [7, 11) is 0. The second-order valence-electron chi connectivity index (χ2n) is 7.52. The number of amides is 1. The molecule has 0 spiro atoms. The Hall–Kier alpha value is -3.67. The van der Waals surface area contributed by atoms with E-state index in [1.54, 1.807) is 4.57 Å². The Kier molecular flexibility index (Phi) is 5.23. The maximum atomic E-state index is 12.3. The number of hydrogen-bond acceptors (Lipinski definition) is 4. The van der Waals surface area contributed by atoms with E-state index < -0.39 is 5.91 Å². The first kappa shape index (κ1) is 19.6. The van der Waals surface area contributed by atoms with Crippen LogP contribution in [0.25, 0.3) is 21.7 Å². The first-order valence-electron chi connectivity index (χ1n) is 9.84. The van der Waals surface area contributed by atoms with Crippen LogP contribution in [0.1, 0.15) is 25.5 Å². The molecule has 152 valence electrons. The number of azo groups is 1. The number of benzene rings is 3. The van der Waals surface area contributed by atoms with Crippen LogP contribution in [0.4, 0.5) is 5.69 Å². The summed E-state index contributed by atoms with van der Waals surface area (Å²) in [6.07, 6.45) is 0. The van der Waals surface area contributed by atoms with Crippen molar-refractivity contribution >= 4 is 33.3 Å². The zero-order valence-corrected chi connectivity index (χ0v) is 17.2. The van der Waals surface area contributed by atoms with Crippen molar-refractivity contribution < 1.29 is 14.6 Å². The van der Waals surface area contributed by atoms with Crippen LogP contribution >= 0.6 is 0 Å². The Labute approximate surface area is 174 Å². The number of nitrogens with zero attached hydrogens (tertiary/aromatic N) is 3. The van der Waals surface area contributed by atoms with Gasteiger partial charge >= 0.3 is 5.91 Å². The SMILES string of the molecule is Cc1ccc2c(c1)c(N=NC(=O)COc1cccc3ccccc13)c(O)n2C(C)C. The van der Waals surface area contributed by atoms with Crippen LogP contribution in [0.2, 0.25) is 0 Å². The van der Waals surface area contributed by atoms with Crippen molar-refractivity contribution in [3.63, 3.8) is 0 Å². The fourth-order valence-corrected chi connectivity index (χ4v) is 3.62. The summed E-state index contributed by atoms with van der Waals surface area (Å²) < 4.78 is 7.46. The quantitative estimate of drug-likeness (QED) is 0.412. The Bertz CT molecular complexity index is 1270. The molecule has 30 heavy (non-hydrogen) atoms. The molecule has 0 saturated heterocycles. The normalized spacial score (nSPS) is 11.7. The van der Waals surface area contributed by atoms with Crippen molar-refractivity contribution in [2.75, 3.05) is 6.61 Å². The molecule has 1 amide bonds. The zero-order valence-electron chi connectivity index (χ0n) is 17.2. The predicted octanol–water partition coefficient (Wildman–Crippen LogP) is 6.08. The van der Waals surface area contributed by atoms with E-state index in [1.165, 1.54) is 0 Å². The fourth-order valence-electron chi connectivity index (χ4n) is 3.62. The molecule has 0 aliphatic carbocycles. The summed E-state index contributed by atoms with van der Waals surface area (Å²) in [6.45, 7) is 5.68. The van der Waals surface area contributed by atoms with Gasteiger partial charge in [0.1, 0.15) is 5.75 Å². The third-order valence-electron chi connectivity index (χ3n) is 4.99. The molecule has 0 bridgehead atoms. The van der Waals surface area contributed by atoms with E-state index in [0.29, 0.717) is 11.4 Å². The lowest BCUT2D eigenvalue weighted by atomic mass is 10.1. The third-order valence-corrected chi connectivity index (χ3v) is 4.99. The van der Waals surface area contributed by atoms with Gasteiger partial charge in [-0.05, 0) is 44.4 Å². The van der Waals surface area contributed by atoms with Gasteiger partial charge in [0.05, 0.1) is 5.52 Å². The van der Waals surface area contributed by atoms with Crippen molar-refractivity contribution in [2.24, 2.45) is 10.2 Å². The average Bonchev–Trinajstić information content (AvgIpc) is 3.01. The highest BCUT2D eigenvalue weighted by molar-refractivity contribution is 5.96. The lowest BCUT2D eigenvalue weighted by Gasteiger charge is -2.10. The molecule has 4 rings (SSSR count). The number of carbonyl (C=O) groups is 1. The summed E-state index contributed by atoms with van der Waals surface area (Å²) >= 11 is 0. The molecule has 0 unspecified atom stereocenters. The summed E-state index contributed by atoms with van der Waals surface area (Å²) in [5.41, 5.74) is 2.17. The first-order chi connectivity index (χ1) is 14.5. The molecule has 0 fully saturated rings. The van der Waals surface area contributed by atoms with E-state index >= 15 is 0 Å². The molecule has 0 aliphatic rings. The monoisotopic (exact) mass is 401 g/mol. The number of ether oxygens (including phenoxy) is 1. The highest BCUT2D eigenvalue weighted by Gasteiger charge is 2.19. The van der Waals surface area contributed by atoms with E-state index in [9.17, 15) is 9.90 Å². The molecule has 6 heteroatoms. The number of carbonyl (C=O) groups excluding carboxylic acids is 1. The third kappa shape index (κ3) is 3.64. The van der Waals surface area contributed by atoms with Gasteiger partial charge in [-0.15, -0.1) is 10.2 Å². The fraction of sp³-hybridized carbons (Fsp3) is 0.208. The van der Waals surface area contributed by atoms with E-state index in [2.05, 4.69) is 10.2 Å². The summed E-state index contributed by atoms with van der Waals surface area (Å²) in [4.78, 5) is 12.3. The van der Waals surface area contributed by atoms with Crippen LogP contribution < -0.4 is 4.74 Å². The summed E-state index contributed by atoms with van der Waals surface area (Å²) in [5.74, 6) is 0.0871. The number of aromatic nitrogens is 1. The highest BCUT2D eigenvalue weighted by atomic mass is 16.5. The number of hydrogen-bond donors (Lipinski definition) is 1. The number of fused-ring (bicyclic) bond motifs is 2. The van der Waals surface area contributed by atoms with Gasteiger partial charge in [-0.3, -0.25) is 4.79 Å². The van der Waals surface area contributed by atoms with Crippen LogP contribution in [0.3, 0.4) is 0 Å². The zero-order chi connectivity index (χ0) is 21.3. The Balaban J connectivity index is 1.58. The molecule has 1 heterocycles. The minimum atomic E-state index is -0.527. The molecule has 1 aromatic heterocycles. The molecule has 0 aliphatic heterocycles. The van der Waals surface area contributed by atoms with Crippen LogP contribution in [-0.4, -0.2) is 22.2 Å². The van der Waals surface area contributed by atoms with Crippen LogP contribution in [0.15, 0.2) is 70.9 Å². The second kappa shape index (κ2) is 7.99. The molecular weight excluding hydrogens is 378 g/mol. The van der Waals surface area contributed by atoms with Gasteiger partial charge < -0.3 is 14.4 Å². The Morgan fingerprint density at radius 1 is 1.07 bits per heavy atom. The van der Waals surface area contributed by atoms with E-state index in [-0.39, 0.29) is 18.5 Å². The maximum absolute atomic E-state index is 12.3. The van der Waals surface area contributed by atoms with Crippen molar-refractivity contribution in [1.82, 2.24) is 4.57 Å². The van der Waals surface area contributed by atoms with E-state index in [0.717, 1.165) is 27.2 Å². The molecule has 3 aromatic carbocycles. The van der Waals surface area contributed by atoms with Gasteiger partial charge in [-0.2, -0.15) is 0 Å². The molecule has 1 N–H and O–H groups in total. The van der Waals surface area contributed by atoms with Gasteiger partial charge in [-0.25, -0.2) is 0 Å². The molecule has 6 nitrogen and oxygen atoms in total. The maximum Gasteiger partial charge on any atom is 0.302 e. The number of rotatable bonds is 5. The van der Waals surface area contributed by atoms with Gasteiger partial charge in [0, 0.05) is 16.8 Å². The van der Waals surface area contributed by atoms with Crippen LogP contribution in [0, 0.1) is 6.92 Å². The number of aromatic hydroxyl groups is 1. The minimum Gasteiger partial charge on any atom is -0.493 e. The predicted molar refractivity (Wildman–Crippen MR) is 118 cm³/mol. The highest BCUT2D eigenvalue weighted by Crippen LogP contribution is 2.41. The summed E-state index contributed by atoms with van der Waals surface area (Å²) in [6, 6.07) is 19.4. The second-order valence-corrected chi connectivity index (χ2v) is 7.52. The topological polar surface area (TPSA) is 76.2 Å². The molecule has 4 aromatic rings. The van der Waals surface area contributed by atoms with Crippen molar-refractivity contribution in [3.8, 4) is 11.6 Å². The molecule has 0 atom stereocenters. The standard InChI is InChI=1S/C24H23N3O3/c1-15(2)27-20-12-11-16(3)13-19(20)23(24(27)29)26-25-22(28)14-30-21-10-6-8-17-7-4-5-9-18(17)21/h4-13,15,29H,14H2,1-3H3. The van der Waals surface area contributed by atoms with Gasteiger partial charge in [0.15, 0.2) is 12.3 Å². The first-order valence-corrected chi connectivity index (χ1v) is 9.84. The van der Waals surface area contributed by atoms with E-state index in [4.69, 9.17) is 4.74 Å². The molecular formula is C24H23N3O3. The lowest BCUT2D eigenvalue weighted by Crippen LogP contribution is -2.08. The smallest absolute Gasteiger partial charge is 0.302 e. The molecule has 0 saturated carbocycles. The van der Waals surface area contributed by atoms with E-state index in [1.807, 2.05) is 81.4 Å².